The highest BCUT2D eigenvalue weighted by Crippen LogP contribution is 2.35. The lowest BCUT2D eigenvalue weighted by atomic mass is 10.1. The van der Waals surface area contributed by atoms with Crippen LogP contribution in [-0.4, -0.2) is 36.0 Å². The van der Waals surface area contributed by atoms with Gasteiger partial charge in [-0.05, 0) is 71.8 Å². The van der Waals surface area contributed by atoms with Crippen LogP contribution in [0.1, 0.15) is 25.8 Å². The van der Waals surface area contributed by atoms with Crippen LogP contribution in [-0.2, 0) is 9.59 Å². The molecule has 1 N–H and O–H groups in total. The Morgan fingerprint density at radius 3 is 2.42 bits per heavy atom. The van der Waals surface area contributed by atoms with E-state index < -0.39 is 22.8 Å². The lowest BCUT2D eigenvalue weighted by molar-refractivity contribution is -0.384. The maximum Gasteiger partial charge on any atom is 0.335 e. The molecule has 1 fully saturated rings. The van der Waals surface area contributed by atoms with Gasteiger partial charge in [0.15, 0.2) is 11.5 Å². The molecule has 0 radical (unpaired) electrons. The van der Waals surface area contributed by atoms with Crippen LogP contribution in [0, 0.1) is 13.7 Å². The Morgan fingerprint density at radius 2 is 1.82 bits per heavy atom. The number of nitro benzene ring substituents is 1. The van der Waals surface area contributed by atoms with E-state index in [0.29, 0.717) is 30.3 Å². The number of benzene rings is 2. The molecule has 10 nitrogen and oxygen atoms in total. The number of hydrogen-bond acceptors (Lipinski definition) is 7. The summed E-state index contributed by atoms with van der Waals surface area (Å²) in [5.41, 5.74) is 0.130. The molecule has 0 aromatic heterocycles. The van der Waals surface area contributed by atoms with Crippen molar-refractivity contribution in [2.75, 3.05) is 18.1 Å². The number of hydrogen-bond donors (Lipinski definition) is 1. The van der Waals surface area contributed by atoms with Gasteiger partial charge in [-0.3, -0.25) is 25.0 Å². The average molecular weight is 565 g/mol. The van der Waals surface area contributed by atoms with Crippen molar-refractivity contribution in [3.63, 3.8) is 0 Å². The van der Waals surface area contributed by atoms with Gasteiger partial charge in [0, 0.05) is 12.1 Å². The zero-order valence-corrected chi connectivity index (χ0v) is 20.0. The van der Waals surface area contributed by atoms with Gasteiger partial charge in [-0.1, -0.05) is 6.92 Å². The van der Waals surface area contributed by atoms with Crippen molar-refractivity contribution in [2.45, 2.75) is 20.3 Å². The zero-order valence-electron chi connectivity index (χ0n) is 17.8. The van der Waals surface area contributed by atoms with Gasteiger partial charge in [-0.2, -0.15) is 0 Å². The molecule has 1 saturated heterocycles. The van der Waals surface area contributed by atoms with Gasteiger partial charge in [0.05, 0.1) is 27.4 Å². The van der Waals surface area contributed by atoms with Crippen LogP contribution in [0.2, 0.25) is 0 Å². The second-order valence-corrected chi connectivity index (χ2v) is 8.01. The first-order valence-electron chi connectivity index (χ1n) is 10.0. The molecule has 1 aliphatic heterocycles. The van der Waals surface area contributed by atoms with E-state index in [4.69, 9.17) is 9.47 Å². The predicted molar refractivity (Wildman–Crippen MR) is 128 cm³/mol. The van der Waals surface area contributed by atoms with E-state index in [-0.39, 0.29) is 16.9 Å². The molecule has 11 heteroatoms. The minimum absolute atomic E-state index is 0.0920. The summed E-state index contributed by atoms with van der Waals surface area (Å²) in [6, 6.07) is 7.30. The highest BCUT2D eigenvalue weighted by atomic mass is 127. The molecule has 172 valence electrons. The van der Waals surface area contributed by atoms with Crippen molar-refractivity contribution in [2.24, 2.45) is 0 Å². The summed E-state index contributed by atoms with van der Waals surface area (Å²) >= 11 is 2.08. The van der Waals surface area contributed by atoms with E-state index >= 15 is 0 Å². The highest BCUT2D eigenvalue weighted by molar-refractivity contribution is 14.1. The minimum atomic E-state index is -0.941. The van der Waals surface area contributed by atoms with Crippen LogP contribution < -0.4 is 19.7 Å². The maximum atomic E-state index is 13.1. The second-order valence-electron chi connectivity index (χ2n) is 6.84. The molecule has 33 heavy (non-hydrogen) atoms. The van der Waals surface area contributed by atoms with Gasteiger partial charge in [0.25, 0.3) is 17.5 Å². The Balaban J connectivity index is 1.99. The van der Waals surface area contributed by atoms with Gasteiger partial charge < -0.3 is 9.47 Å². The summed E-state index contributed by atoms with van der Waals surface area (Å²) < 4.78 is 12.2. The molecule has 1 heterocycles. The standard InChI is InChI=1S/C22H20IN3O7/c1-3-9-33-19-17(23)11-13(12-18(19)32-4-2)10-16-20(27)24-22(29)25(21(16)28)14-5-7-15(8-6-14)26(30)31/h5-8,10-12H,3-4,9H2,1-2H3,(H,24,27,29)/b16-10+. The number of ether oxygens (including phenoxy) is 2. The van der Waals surface area contributed by atoms with Crippen molar-refractivity contribution < 1.29 is 28.8 Å². The molecule has 0 bridgehead atoms. The number of nitro groups is 1. The summed E-state index contributed by atoms with van der Waals surface area (Å²) in [4.78, 5) is 48.9. The van der Waals surface area contributed by atoms with E-state index in [2.05, 4.69) is 27.9 Å². The molecule has 0 spiro atoms. The largest absolute Gasteiger partial charge is 0.490 e. The smallest absolute Gasteiger partial charge is 0.335 e. The summed E-state index contributed by atoms with van der Waals surface area (Å²) in [6.45, 7) is 4.70. The first-order chi connectivity index (χ1) is 15.8. The van der Waals surface area contributed by atoms with Crippen LogP contribution in [0.3, 0.4) is 0 Å². The van der Waals surface area contributed by atoms with Gasteiger partial charge in [-0.25, -0.2) is 9.69 Å². The highest BCUT2D eigenvalue weighted by Gasteiger charge is 2.37. The van der Waals surface area contributed by atoms with Crippen LogP contribution in [0.5, 0.6) is 11.5 Å². The third kappa shape index (κ3) is 5.30. The SMILES string of the molecule is CCCOc1c(I)cc(/C=C2\C(=O)NC(=O)N(c3ccc([N+](=O)[O-])cc3)C2=O)cc1OCC. The number of halogens is 1. The number of barbiturate groups is 1. The Morgan fingerprint density at radius 1 is 1.12 bits per heavy atom. The number of non-ortho nitro benzene ring substituents is 1. The molecule has 0 unspecified atom stereocenters. The zero-order chi connectivity index (χ0) is 24.1. The number of amides is 4. The van der Waals surface area contributed by atoms with Gasteiger partial charge in [0.2, 0.25) is 0 Å². The normalized spacial score (nSPS) is 14.9. The van der Waals surface area contributed by atoms with Crippen LogP contribution in [0.25, 0.3) is 6.08 Å². The fourth-order valence-corrected chi connectivity index (χ4v) is 3.84. The Bertz CT molecular complexity index is 1150. The molecule has 2 aromatic carbocycles. The first-order valence-corrected chi connectivity index (χ1v) is 11.1. The van der Waals surface area contributed by atoms with Gasteiger partial charge in [-0.15, -0.1) is 0 Å². The number of carbonyl (C=O) groups excluding carboxylic acids is 3. The van der Waals surface area contributed by atoms with E-state index in [1.807, 2.05) is 13.8 Å². The second kappa shape index (κ2) is 10.4. The molecule has 4 amide bonds. The summed E-state index contributed by atoms with van der Waals surface area (Å²) in [5.74, 6) is -0.653. The molecule has 3 rings (SSSR count). The van der Waals surface area contributed by atoms with Crippen LogP contribution in [0.15, 0.2) is 42.0 Å². The summed E-state index contributed by atoms with van der Waals surface area (Å²) in [7, 11) is 0. The fraction of sp³-hybridized carbons (Fsp3) is 0.227. The lowest BCUT2D eigenvalue weighted by Crippen LogP contribution is -2.54. The summed E-state index contributed by atoms with van der Waals surface area (Å²) in [5, 5.41) is 13.0. The van der Waals surface area contributed by atoms with Crippen molar-refractivity contribution in [1.82, 2.24) is 5.32 Å². The number of rotatable bonds is 8. The third-order valence-corrected chi connectivity index (χ3v) is 5.31. The number of carbonyl (C=O) groups is 3. The number of nitrogens with zero attached hydrogens (tertiary/aromatic N) is 2. The molecule has 0 atom stereocenters. The average Bonchev–Trinajstić information content (AvgIpc) is 2.76. The van der Waals surface area contributed by atoms with Crippen LogP contribution >= 0.6 is 22.6 Å². The van der Waals surface area contributed by atoms with Crippen molar-refractivity contribution >= 4 is 57.9 Å². The van der Waals surface area contributed by atoms with E-state index in [9.17, 15) is 24.5 Å². The lowest BCUT2D eigenvalue weighted by Gasteiger charge is -2.26. The van der Waals surface area contributed by atoms with Crippen molar-refractivity contribution in [1.29, 1.82) is 0 Å². The first kappa shape index (κ1) is 24.2. The topological polar surface area (TPSA) is 128 Å². The minimum Gasteiger partial charge on any atom is -0.490 e. The van der Waals surface area contributed by atoms with Crippen molar-refractivity contribution in [3.05, 3.63) is 61.2 Å². The molecular weight excluding hydrogens is 545 g/mol. The van der Waals surface area contributed by atoms with E-state index in [1.54, 1.807) is 12.1 Å². The Hall–Kier alpha value is -3.48. The fourth-order valence-electron chi connectivity index (χ4n) is 3.06. The monoisotopic (exact) mass is 565 g/mol. The Kier molecular flexibility index (Phi) is 7.63. The van der Waals surface area contributed by atoms with E-state index in [1.165, 1.54) is 30.3 Å². The number of imide groups is 2. The number of urea groups is 1. The quantitative estimate of drug-likeness (QED) is 0.168. The number of nitrogens with one attached hydrogen (secondary N) is 1. The molecule has 1 aliphatic rings. The molecular formula is C22H20IN3O7. The molecule has 2 aromatic rings. The molecule has 0 saturated carbocycles. The van der Waals surface area contributed by atoms with Crippen LogP contribution in [0.4, 0.5) is 16.2 Å². The molecule has 0 aliphatic carbocycles. The van der Waals surface area contributed by atoms with Crippen molar-refractivity contribution in [3.8, 4) is 11.5 Å². The number of anilines is 1. The Labute approximate surface area is 202 Å². The van der Waals surface area contributed by atoms with Gasteiger partial charge in [0.1, 0.15) is 5.57 Å². The summed E-state index contributed by atoms with van der Waals surface area (Å²) in [6.07, 6.45) is 2.17. The maximum absolute atomic E-state index is 13.1. The third-order valence-electron chi connectivity index (χ3n) is 4.51. The van der Waals surface area contributed by atoms with E-state index in [0.717, 1.165) is 14.9 Å². The predicted octanol–water partition coefficient (Wildman–Crippen LogP) is 4.05. The van der Waals surface area contributed by atoms with Gasteiger partial charge >= 0.3 is 6.03 Å².